The van der Waals surface area contributed by atoms with Crippen molar-refractivity contribution in [2.45, 2.75) is 97.6 Å². The van der Waals surface area contributed by atoms with Crippen molar-refractivity contribution in [3.05, 3.63) is 81.0 Å². The van der Waals surface area contributed by atoms with E-state index in [9.17, 15) is 19.1 Å². The van der Waals surface area contributed by atoms with Gasteiger partial charge in [-0.1, -0.05) is 52.8 Å². The molecule has 3 aromatic rings. The number of nitrogens with zero attached hydrogens (tertiary/aromatic N) is 1. The SMILES string of the molecule is Cc1ccc(C(=O)NC2CC2c2ccc3c(=O)n(CC(C)(C)CO[Si](C)(C)C(C)(C)C)cc(C(C)O)c3c2)cc1F. The molecule has 0 saturated heterocycles. The largest absolute Gasteiger partial charge is 0.416 e. The summed E-state index contributed by atoms with van der Waals surface area (Å²) >= 11 is 0. The Bertz CT molecular complexity index is 1520. The lowest BCUT2D eigenvalue weighted by atomic mass is 9.94. The number of fused-ring (bicyclic) bond motifs is 1. The summed E-state index contributed by atoms with van der Waals surface area (Å²) in [7, 11) is -1.94. The zero-order valence-corrected chi connectivity index (χ0v) is 26.9. The van der Waals surface area contributed by atoms with Gasteiger partial charge in [0.1, 0.15) is 5.82 Å². The van der Waals surface area contributed by atoms with E-state index < -0.39 is 20.2 Å². The maximum Gasteiger partial charge on any atom is 0.258 e. The highest BCUT2D eigenvalue weighted by atomic mass is 28.4. The minimum atomic E-state index is -1.94. The van der Waals surface area contributed by atoms with Crippen LogP contribution < -0.4 is 10.9 Å². The van der Waals surface area contributed by atoms with E-state index in [1.165, 1.54) is 6.07 Å². The van der Waals surface area contributed by atoms with Gasteiger partial charge in [-0.25, -0.2) is 4.39 Å². The zero-order valence-electron chi connectivity index (χ0n) is 25.9. The molecule has 1 aliphatic carbocycles. The van der Waals surface area contributed by atoms with E-state index in [2.05, 4.69) is 53.0 Å². The fourth-order valence-electron chi connectivity index (χ4n) is 4.93. The molecule has 3 atom stereocenters. The molecule has 1 amide bonds. The number of aliphatic hydroxyl groups excluding tert-OH is 1. The van der Waals surface area contributed by atoms with E-state index >= 15 is 0 Å². The standard InChI is InChI=1S/C33H45FN2O4Si/c1-20-10-11-23(15-28(20)34)30(38)35-29-16-25(29)22-12-13-24-26(14-22)27(21(2)37)17-36(31(24)39)18-33(6,7)19-40-41(8,9)32(3,4)5/h10-15,17,21,25,29,37H,16,18-19H2,1-9H3,(H,35,38). The molecule has 2 N–H and O–H groups in total. The lowest BCUT2D eigenvalue weighted by molar-refractivity contribution is 0.0950. The van der Waals surface area contributed by atoms with Crippen molar-refractivity contribution in [3.63, 3.8) is 0 Å². The molecule has 0 bridgehead atoms. The van der Waals surface area contributed by atoms with Crippen molar-refractivity contribution in [1.82, 2.24) is 9.88 Å². The molecule has 6 nitrogen and oxygen atoms in total. The van der Waals surface area contributed by atoms with Gasteiger partial charge in [0.15, 0.2) is 8.32 Å². The minimum Gasteiger partial charge on any atom is -0.416 e. The summed E-state index contributed by atoms with van der Waals surface area (Å²) in [6, 6.07) is 10.2. The molecule has 2 aromatic carbocycles. The van der Waals surface area contributed by atoms with E-state index in [1.807, 2.05) is 18.2 Å². The Morgan fingerprint density at radius 1 is 1.15 bits per heavy atom. The molecule has 3 unspecified atom stereocenters. The van der Waals surface area contributed by atoms with Gasteiger partial charge in [0.2, 0.25) is 0 Å². The molecule has 1 fully saturated rings. The number of hydrogen-bond acceptors (Lipinski definition) is 4. The number of hydrogen-bond donors (Lipinski definition) is 2. The number of nitrogens with one attached hydrogen (secondary N) is 1. The average molecular weight is 581 g/mol. The van der Waals surface area contributed by atoms with Gasteiger partial charge < -0.3 is 19.4 Å². The van der Waals surface area contributed by atoms with Crippen molar-refractivity contribution in [3.8, 4) is 0 Å². The topological polar surface area (TPSA) is 80.6 Å². The Balaban J connectivity index is 1.55. The number of aromatic nitrogens is 1. The van der Waals surface area contributed by atoms with Crippen LogP contribution in [-0.4, -0.2) is 36.5 Å². The number of aryl methyl sites for hydroxylation is 1. The molecule has 1 aromatic heterocycles. The quantitative estimate of drug-likeness (QED) is 0.272. The molecule has 8 heteroatoms. The van der Waals surface area contributed by atoms with Gasteiger partial charge in [0, 0.05) is 53.2 Å². The molecular formula is C33H45FN2O4Si. The summed E-state index contributed by atoms with van der Waals surface area (Å²) in [6.45, 7) is 19.7. The van der Waals surface area contributed by atoms with Crippen molar-refractivity contribution < 1.29 is 18.7 Å². The Labute approximate surface area is 244 Å². The molecule has 0 spiro atoms. The Hall–Kier alpha value is -2.81. The first-order valence-corrected chi connectivity index (χ1v) is 17.4. The van der Waals surface area contributed by atoms with Gasteiger partial charge >= 0.3 is 0 Å². The highest BCUT2D eigenvalue weighted by molar-refractivity contribution is 6.74. The predicted octanol–water partition coefficient (Wildman–Crippen LogP) is 6.84. The summed E-state index contributed by atoms with van der Waals surface area (Å²) in [5.74, 6) is -0.610. The van der Waals surface area contributed by atoms with Crippen LogP contribution in [-0.2, 0) is 11.0 Å². The maximum absolute atomic E-state index is 13.9. The monoisotopic (exact) mass is 580 g/mol. The summed E-state index contributed by atoms with van der Waals surface area (Å²) in [5, 5.41) is 15.1. The third-order valence-electron chi connectivity index (χ3n) is 8.79. The smallest absolute Gasteiger partial charge is 0.258 e. The third kappa shape index (κ3) is 6.82. The van der Waals surface area contributed by atoms with Crippen LogP contribution in [0.2, 0.25) is 18.1 Å². The Morgan fingerprint density at radius 3 is 2.44 bits per heavy atom. The number of benzene rings is 2. The number of aliphatic hydroxyl groups is 1. The summed E-state index contributed by atoms with van der Waals surface area (Å²) in [6.07, 6.45) is 1.78. The van der Waals surface area contributed by atoms with Crippen LogP contribution in [0.4, 0.5) is 4.39 Å². The second-order valence-corrected chi connectivity index (χ2v) is 18.9. The van der Waals surface area contributed by atoms with E-state index in [4.69, 9.17) is 4.43 Å². The Kier molecular flexibility index (Phi) is 8.44. The number of rotatable bonds is 9. The van der Waals surface area contributed by atoms with Crippen LogP contribution in [0.3, 0.4) is 0 Å². The summed E-state index contributed by atoms with van der Waals surface area (Å²) in [4.78, 5) is 26.3. The van der Waals surface area contributed by atoms with Crippen LogP contribution in [0.1, 0.15) is 87.0 Å². The fraction of sp³-hybridized carbons (Fsp3) is 0.515. The molecule has 41 heavy (non-hydrogen) atoms. The van der Waals surface area contributed by atoms with Gasteiger partial charge in [0.05, 0.1) is 6.10 Å². The first kappa shape index (κ1) is 31.1. The average Bonchev–Trinajstić information content (AvgIpc) is 3.64. The van der Waals surface area contributed by atoms with Crippen molar-refractivity contribution in [2.24, 2.45) is 5.41 Å². The van der Waals surface area contributed by atoms with Gasteiger partial charge in [-0.15, -0.1) is 0 Å². The van der Waals surface area contributed by atoms with Crippen LogP contribution in [0.5, 0.6) is 0 Å². The normalized spacial score (nSPS) is 18.4. The van der Waals surface area contributed by atoms with Crippen LogP contribution >= 0.6 is 0 Å². The minimum absolute atomic E-state index is 0.0682. The zero-order chi connectivity index (χ0) is 30.5. The molecular weight excluding hydrogens is 535 g/mol. The second-order valence-electron chi connectivity index (χ2n) is 14.1. The number of pyridine rings is 1. The van der Waals surface area contributed by atoms with Crippen LogP contribution in [0.15, 0.2) is 47.4 Å². The number of halogens is 1. The fourth-order valence-corrected chi connectivity index (χ4v) is 6.11. The number of amides is 1. The Morgan fingerprint density at radius 2 is 1.83 bits per heavy atom. The van der Waals surface area contributed by atoms with Gasteiger partial charge in [-0.05, 0) is 73.1 Å². The molecule has 222 valence electrons. The van der Waals surface area contributed by atoms with E-state index in [1.54, 1.807) is 36.7 Å². The van der Waals surface area contributed by atoms with Gasteiger partial charge in [-0.2, -0.15) is 0 Å². The van der Waals surface area contributed by atoms with E-state index in [-0.39, 0.29) is 33.9 Å². The highest BCUT2D eigenvalue weighted by Gasteiger charge is 2.40. The lowest BCUT2D eigenvalue weighted by Gasteiger charge is -2.39. The first-order chi connectivity index (χ1) is 18.9. The van der Waals surface area contributed by atoms with Gasteiger partial charge in [0.25, 0.3) is 11.5 Å². The first-order valence-electron chi connectivity index (χ1n) is 14.5. The third-order valence-corrected chi connectivity index (χ3v) is 13.3. The molecule has 4 rings (SSSR count). The summed E-state index contributed by atoms with van der Waals surface area (Å²) in [5.41, 5.74) is 2.10. The number of carbonyl (C=O) groups is 1. The van der Waals surface area contributed by atoms with Crippen molar-refractivity contribution in [1.29, 1.82) is 0 Å². The molecule has 0 radical (unpaired) electrons. The molecule has 0 aliphatic heterocycles. The van der Waals surface area contributed by atoms with Crippen molar-refractivity contribution >= 4 is 25.0 Å². The van der Waals surface area contributed by atoms with E-state index in [0.717, 1.165) is 17.4 Å². The summed E-state index contributed by atoms with van der Waals surface area (Å²) < 4.78 is 22.1. The second kappa shape index (κ2) is 11.1. The van der Waals surface area contributed by atoms with Crippen LogP contribution in [0.25, 0.3) is 10.8 Å². The number of carbonyl (C=O) groups excluding carboxylic acids is 1. The van der Waals surface area contributed by atoms with E-state index in [0.29, 0.717) is 35.2 Å². The highest BCUT2D eigenvalue weighted by Crippen LogP contribution is 2.42. The maximum atomic E-state index is 13.9. The molecule has 1 aliphatic rings. The van der Waals surface area contributed by atoms with Gasteiger partial charge in [-0.3, -0.25) is 9.59 Å². The predicted molar refractivity (Wildman–Crippen MR) is 166 cm³/mol. The lowest BCUT2D eigenvalue weighted by Crippen LogP contribution is -2.44. The molecule has 1 heterocycles. The van der Waals surface area contributed by atoms with Crippen molar-refractivity contribution in [2.75, 3.05) is 6.61 Å². The molecule has 1 saturated carbocycles. The van der Waals surface area contributed by atoms with Crippen LogP contribution in [0, 0.1) is 18.2 Å².